The third-order valence-corrected chi connectivity index (χ3v) is 5.92. The zero-order valence-corrected chi connectivity index (χ0v) is 17.7. The Balaban J connectivity index is 1.72. The Kier molecular flexibility index (Phi) is 6.05. The molecule has 0 saturated carbocycles. The van der Waals surface area contributed by atoms with Gasteiger partial charge in [-0.3, -0.25) is 9.36 Å². The van der Waals surface area contributed by atoms with Crippen molar-refractivity contribution >= 4 is 22.7 Å². The topological polar surface area (TPSA) is 53.3 Å². The summed E-state index contributed by atoms with van der Waals surface area (Å²) in [6, 6.07) is 23.1. The first-order valence-electron chi connectivity index (χ1n) is 9.57. The molecule has 5 nitrogen and oxygen atoms in total. The largest absolute Gasteiger partial charge is 0.497 e. The number of para-hydroxylation sites is 2. The van der Waals surface area contributed by atoms with E-state index in [1.54, 1.807) is 30.5 Å². The molecule has 0 aliphatic rings. The van der Waals surface area contributed by atoms with Crippen molar-refractivity contribution in [1.82, 2.24) is 9.55 Å². The Morgan fingerprint density at radius 2 is 1.63 bits per heavy atom. The third-order valence-electron chi connectivity index (χ3n) is 4.87. The smallest absolute Gasteiger partial charge is 0.262 e. The monoisotopic (exact) mass is 418 g/mol. The zero-order chi connectivity index (χ0) is 20.9. The summed E-state index contributed by atoms with van der Waals surface area (Å²) < 4.78 is 12.4. The lowest BCUT2D eigenvalue weighted by Crippen LogP contribution is -2.24. The van der Waals surface area contributed by atoms with E-state index in [0.717, 1.165) is 22.6 Å². The molecular weight excluding hydrogens is 396 g/mol. The number of ether oxygens (including phenoxy) is 2. The molecule has 4 aromatic rings. The standard InChI is InChI=1S/C24H22N2O3S/c1-28-19-13-11-17(12-14-19)16-30-24-25-21-9-5-4-8-20(21)23(27)26(24)15-18-7-3-6-10-22(18)29-2/h3-14H,15-16H2,1-2H3. The highest BCUT2D eigenvalue weighted by atomic mass is 32.2. The summed E-state index contributed by atoms with van der Waals surface area (Å²) in [5.74, 6) is 2.27. The number of hydrogen-bond donors (Lipinski definition) is 0. The molecule has 6 heteroatoms. The van der Waals surface area contributed by atoms with Crippen molar-refractivity contribution in [3.05, 3.63) is 94.3 Å². The number of hydrogen-bond acceptors (Lipinski definition) is 5. The van der Waals surface area contributed by atoms with E-state index >= 15 is 0 Å². The second-order valence-corrected chi connectivity index (χ2v) is 7.69. The van der Waals surface area contributed by atoms with Crippen LogP contribution in [0.25, 0.3) is 10.9 Å². The fourth-order valence-electron chi connectivity index (χ4n) is 3.27. The van der Waals surface area contributed by atoms with E-state index in [9.17, 15) is 4.79 Å². The van der Waals surface area contributed by atoms with Crippen LogP contribution < -0.4 is 15.0 Å². The van der Waals surface area contributed by atoms with Gasteiger partial charge in [0.15, 0.2) is 5.16 Å². The molecule has 152 valence electrons. The first-order valence-corrected chi connectivity index (χ1v) is 10.6. The molecule has 0 aliphatic heterocycles. The highest BCUT2D eigenvalue weighted by Crippen LogP contribution is 2.25. The van der Waals surface area contributed by atoms with Crippen molar-refractivity contribution in [3.63, 3.8) is 0 Å². The Morgan fingerprint density at radius 3 is 2.40 bits per heavy atom. The number of aromatic nitrogens is 2. The molecule has 0 bridgehead atoms. The summed E-state index contributed by atoms with van der Waals surface area (Å²) in [4.78, 5) is 18.1. The van der Waals surface area contributed by atoms with Crippen LogP contribution in [0.3, 0.4) is 0 Å². The molecule has 0 fully saturated rings. The predicted molar refractivity (Wildman–Crippen MR) is 121 cm³/mol. The van der Waals surface area contributed by atoms with Crippen LogP contribution in [-0.2, 0) is 12.3 Å². The first-order chi connectivity index (χ1) is 14.7. The summed E-state index contributed by atoms with van der Waals surface area (Å²) in [7, 11) is 3.29. The molecule has 0 N–H and O–H groups in total. The summed E-state index contributed by atoms with van der Waals surface area (Å²) in [6.07, 6.45) is 0. The van der Waals surface area contributed by atoms with Gasteiger partial charge in [-0.2, -0.15) is 0 Å². The predicted octanol–water partition coefficient (Wildman–Crippen LogP) is 4.75. The summed E-state index contributed by atoms with van der Waals surface area (Å²) in [5.41, 5.74) is 2.72. The summed E-state index contributed by atoms with van der Waals surface area (Å²) in [6.45, 7) is 0.394. The third kappa shape index (κ3) is 4.19. The van der Waals surface area contributed by atoms with Crippen LogP contribution in [0.5, 0.6) is 11.5 Å². The van der Waals surface area contributed by atoms with Gasteiger partial charge in [0.05, 0.1) is 31.7 Å². The van der Waals surface area contributed by atoms with E-state index < -0.39 is 0 Å². The van der Waals surface area contributed by atoms with Crippen LogP contribution in [0.15, 0.2) is 82.7 Å². The normalized spacial score (nSPS) is 10.9. The van der Waals surface area contributed by atoms with Crippen molar-refractivity contribution in [3.8, 4) is 11.5 Å². The van der Waals surface area contributed by atoms with Gasteiger partial charge in [-0.25, -0.2) is 4.98 Å². The number of thioether (sulfide) groups is 1. The molecule has 0 aliphatic carbocycles. The molecule has 30 heavy (non-hydrogen) atoms. The van der Waals surface area contributed by atoms with Gasteiger partial charge in [-0.05, 0) is 35.9 Å². The van der Waals surface area contributed by atoms with Gasteiger partial charge in [-0.1, -0.05) is 54.2 Å². The minimum atomic E-state index is -0.0521. The van der Waals surface area contributed by atoms with Gasteiger partial charge in [-0.15, -0.1) is 0 Å². The Morgan fingerprint density at radius 1 is 0.900 bits per heavy atom. The lowest BCUT2D eigenvalue weighted by atomic mass is 10.2. The minimum absolute atomic E-state index is 0.0521. The zero-order valence-electron chi connectivity index (χ0n) is 16.9. The summed E-state index contributed by atoms with van der Waals surface area (Å²) >= 11 is 1.55. The van der Waals surface area contributed by atoms with Gasteiger partial charge in [0.1, 0.15) is 11.5 Å². The van der Waals surface area contributed by atoms with Gasteiger partial charge >= 0.3 is 0 Å². The number of nitrogens with zero attached hydrogens (tertiary/aromatic N) is 2. The Labute approximate surface area is 179 Å². The van der Waals surface area contributed by atoms with Crippen LogP contribution in [0.4, 0.5) is 0 Å². The van der Waals surface area contributed by atoms with E-state index in [1.807, 2.05) is 72.8 Å². The SMILES string of the molecule is COc1ccc(CSc2nc3ccccc3c(=O)n2Cc2ccccc2OC)cc1. The molecular formula is C24H22N2O3S. The molecule has 0 radical (unpaired) electrons. The van der Waals surface area contributed by atoms with E-state index in [4.69, 9.17) is 14.5 Å². The molecule has 0 unspecified atom stereocenters. The number of benzene rings is 3. The summed E-state index contributed by atoms with van der Waals surface area (Å²) in [5, 5.41) is 1.29. The first kappa shape index (κ1) is 20.0. The van der Waals surface area contributed by atoms with Crippen molar-refractivity contribution < 1.29 is 9.47 Å². The maximum atomic E-state index is 13.3. The molecule has 3 aromatic carbocycles. The molecule has 0 amide bonds. The van der Waals surface area contributed by atoms with Crippen molar-refractivity contribution in [2.24, 2.45) is 0 Å². The van der Waals surface area contributed by atoms with E-state index in [-0.39, 0.29) is 5.56 Å². The molecule has 0 saturated heterocycles. The van der Waals surface area contributed by atoms with Crippen molar-refractivity contribution in [1.29, 1.82) is 0 Å². The van der Waals surface area contributed by atoms with Gasteiger partial charge < -0.3 is 9.47 Å². The quantitative estimate of drug-likeness (QED) is 0.320. The maximum absolute atomic E-state index is 13.3. The van der Waals surface area contributed by atoms with Crippen LogP contribution in [0.2, 0.25) is 0 Å². The number of fused-ring (bicyclic) bond motifs is 1. The van der Waals surface area contributed by atoms with Crippen LogP contribution in [0.1, 0.15) is 11.1 Å². The molecule has 0 spiro atoms. The minimum Gasteiger partial charge on any atom is -0.497 e. The maximum Gasteiger partial charge on any atom is 0.262 e. The molecule has 4 rings (SSSR count). The van der Waals surface area contributed by atoms with E-state index in [2.05, 4.69) is 0 Å². The van der Waals surface area contributed by atoms with Crippen LogP contribution in [-0.4, -0.2) is 23.8 Å². The second kappa shape index (κ2) is 9.05. The average Bonchev–Trinajstić information content (AvgIpc) is 2.80. The fourth-order valence-corrected chi connectivity index (χ4v) is 4.23. The van der Waals surface area contributed by atoms with Crippen LogP contribution >= 0.6 is 11.8 Å². The Bertz CT molecular complexity index is 1220. The van der Waals surface area contributed by atoms with Crippen molar-refractivity contribution in [2.75, 3.05) is 14.2 Å². The van der Waals surface area contributed by atoms with Crippen LogP contribution in [0, 0.1) is 0 Å². The fraction of sp³-hybridized carbons (Fsp3) is 0.167. The average molecular weight is 419 g/mol. The number of methoxy groups -OCH3 is 2. The second-order valence-electron chi connectivity index (χ2n) is 6.75. The molecule has 1 heterocycles. The lowest BCUT2D eigenvalue weighted by molar-refractivity contribution is 0.407. The Hall–Kier alpha value is -3.25. The van der Waals surface area contributed by atoms with Gasteiger partial charge in [0.25, 0.3) is 5.56 Å². The molecule has 0 atom stereocenters. The number of rotatable bonds is 7. The lowest BCUT2D eigenvalue weighted by Gasteiger charge is -2.15. The van der Waals surface area contributed by atoms with E-state index in [1.165, 1.54) is 0 Å². The van der Waals surface area contributed by atoms with Gasteiger partial charge in [0, 0.05) is 11.3 Å². The highest BCUT2D eigenvalue weighted by molar-refractivity contribution is 7.98. The van der Waals surface area contributed by atoms with Crippen molar-refractivity contribution in [2.45, 2.75) is 17.5 Å². The molecule has 1 aromatic heterocycles. The van der Waals surface area contributed by atoms with E-state index in [0.29, 0.717) is 28.4 Å². The highest BCUT2D eigenvalue weighted by Gasteiger charge is 2.14. The van der Waals surface area contributed by atoms with Gasteiger partial charge in [0.2, 0.25) is 0 Å².